The largest absolute Gasteiger partial charge is 0.461 e. The fourth-order valence-corrected chi connectivity index (χ4v) is 4.21. The van der Waals surface area contributed by atoms with E-state index in [-0.39, 0.29) is 24.0 Å². The zero-order valence-electron chi connectivity index (χ0n) is 17.8. The summed E-state index contributed by atoms with van der Waals surface area (Å²) in [5.41, 5.74) is 0.951. The maximum atomic E-state index is 6.13. The average Bonchev–Trinajstić information content (AvgIpc) is 3.19. The first-order valence-corrected chi connectivity index (χ1v) is 11.0. The number of guanidine groups is 1. The van der Waals surface area contributed by atoms with Gasteiger partial charge in [0.05, 0.1) is 18.8 Å². The number of benzene rings is 1. The van der Waals surface area contributed by atoms with Crippen molar-refractivity contribution in [3.63, 3.8) is 0 Å². The number of para-hydroxylation sites is 1. The van der Waals surface area contributed by atoms with E-state index in [1.165, 1.54) is 12.8 Å². The van der Waals surface area contributed by atoms with Crippen LogP contribution in [-0.2, 0) is 15.9 Å². The fourth-order valence-electron chi connectivity index (χ4n) is 4.21. The van der Waals surface area contributed by atoms with Crippen molar-refractivity contribution in [2.45, 2.75) is 50.7 Å². The minimum atomic E-state index is 0. The molecule has 2 aromatic rings. The monoisotopic (exact) mass is 527 g/mol. The van der Waals surface area contributed by atoms with Crippen molar-refractivity contribution in [1.29, 1.82) is 0 Å². The van der Waals surface area contributed by atoms with Gasteiger partial charge < -0.3 is 24.1 Å². The molecule has 166 valence electrons. The van der Waals surface area contributed by atoms with E-state index in [1.807, 2.05) is 25.2 Å². The highest BCUT2D eigenvalue weighted by atomic mass is 127. The third-order valence-corrected chi connectivity index (χ3v) is 5.88. The third kappa shape index (κ3) is 6.34. The SMILES string of the molecule is CN=C(NCCc1cc2ccccc2o1)N1CCC(OCC2CCCCO2)CC1.I. The van der Waals surface area contributed by atoms with Gasteiger partial charge in [-0.3, -0.25) is 4.99 Å². The van der Waals surface area contributed by atoms with Crippen molar-refractivity contribution in [3.8, 4) is 0 Å². The van der Waals surface area contributed by atoms with Crippen LogP contribution in [0.3, 0.4) is 0 Å². The molecule has 1 aromatic carbocycles. The Hall–Kier alpha value is -1.32. The first kappa shape index (κ1) is 23.3. The molecule has 0 saturated carbocycles. The molecule has 0 aliphatic carbocycles. The second-order valence-electron chi connectivity index (χ2n) is 7.98. The molecule has 0 bridgehead atoms. The van der Waals surface area contributed by atoms with Crippen LogP contribution in [0, 0.1) is 0 Å². The van der Waals surface area contributed by atoms with Gasteiger partial charge in [0.2, 0.25) is 0 Å². The molecule has 3 heterocycles. The second-order valence-corrected chi connectivity index (χ2v) is 7.98. The van der Waals surface area contributed by atoms with Crippen molar-refractivity contribution >= 4 is 40.9 Å². The lowest BCUT2D eigenvalue weighted by molar-refractivity contribution is -0.0721. The Balaban J connectivity index is 0.00000256. The maximum Gasteiger partial charge on any atom is 0.193 e. The lowest BCUT2D eigenvalue weighted by Crippen LogP contribution is -2.47. The molecule has 6 nitrogen and oxygen atoms in total. The number of likely N-dealkylation sites (tertiary alicyclic amines) is 1. The number of furan rings is 1. The summed E-state index contributed by atoms with van der Waals surface area (Å²) >= 11 is 0. The number of rotatable bonds is 6. The van der Waals surface area contributed by atoms with E-state index in [1.54, 1.807) is 0 Å². The first-order valence-electron chi connectivity index (χ1n) is 11.0. The topological polar surface area (TPSA) is 59.2 Å². The second kappa shape index (κ2) is 11.9. The molecular formula is C23H34IN3O3. The summed E-state index contributed by atoms with van der Waals surface area (Å²) in [6, 6.07) is 10.3. The fraction of sp³-hybridized carbons (Fsp3) is 0.609. The maximum absolute atomic E-state index is 6.13. The molecule has 4 rings (SSSR count). The van der Waals surface area contributed by atoms with Crippen molar-refractivity contribution in [1.82, 2.24) is 10.2 Å². The molecular weight excluding hydrogens is 493 g/mol. The van der Waals surface area contributed by atoms with Gasteiger partial charge in [0.25, 0.3) is 0 Å². The van der Waals surface area contributed by atoms with E-state index in [0.717, 1.165) is 81.2 Å². The number of hydrogen-bond acceptors (Lipinski definition) is 4. The van der Waals surface area contributed by atoms with E-state index in [4.69, 9.17) is 13.9 Å². The number of nitrogens with zero attached hydrogens (tertiary/aromatic N) is 2. The predicted octanol–water partition coefficient (Wildman–Crippen LogP) is 4.22. The van der Waals surface area contributed by atoms with Crippen LogP contribution in [0.4, 0.5) is 0 Å². The smallest absolute Gasteiger partial charge is 0.193 e. The molecule has 7 heteroatoms. The highest BCUT2D eigenvalue weighted by Crippen LogP contribution is 2.20. The molecule has 1 N–H and O–H groups in total. The summed E-state index contributed by atoms with van der Waals surface area (Å²) in [6.45, 7) is 4.39. The van der Waals surface area contributed by atoms with Gasteiger partial charge in [0.1, 0.15) is 11.3 Å². The highest BCUT2D eigenvalue weighted by Gasteiger charge is 2.23. The summed E-state index contributed by atoms with van der Waals surface area (Å²) in [4.78, 5) is 6.80. The zero-order chi connectivity index (χ0) is 19.9. The van der Waals surface area contributed by atoms with Crippen LogP contribution in [0.1, 0.15) is 37.9 Å². The van der Waals surface area contributed by atoms with E-state index in [2.05, 4.69) is 27.3 Å². The van der Waals surface area contributed by atoms with Crippen LogP contribution < -0.4 is 5.32 Å². The molecule has 2 aliphatic heterocycles. The molecule has 1 aromatic heterocycles. The van der Waals surface area contributed by atoms with Crippen LogP contribution in [0.25, 0.3) is 11.0 Å². The van der Waals surface area contributed by atoms with E-state index in [0.29, 0.717) is 12.2 Å². The van der Waals surface area contributed by atoms with E-state index < -0.39 is 0 Å². The van der Waals surface area contributed by atoms with Gasteiger partial charge in [-0.25, -0.2) is 0 Å². The highest BCUT2D eigenvalue weighted by molar-refractivity contribution is 14.0. The van der Waals surface area contributed by atoms with Crippen LogP contribution in [0.15, 0.2) is 39.7 Å². The van der Waals surface area contributed by atoms with Crippen molar-refractivity contribution in [2.24, 2.45) is 4.99 Å². The number of halogens is 1. The van der Waals surface area contributed by atoms with Gasteiger partial charge in [-0.05, 0) is 44.2 Å². The number of fused-ring (bicyclic) bond motifs is 1. The van der Waals surface area contributed by atoms with Gasteiger partial charge in [-0.15, -0.1) is 24.0 Å². The summed E-state index contributed by atoms with van der Waals surface area (Å²) in [6.07, 6.45) is 7.16. The van der Waals surface area contributed by atoms with Gasteiger partial charge in [-0.1, -0.05) is 18.2 Å². The van der Waals surface area contributed by atoms with Gasteiger partial charge in [-0.2, -0.15) is 0 Å². The molecule has 1 atom stereocenters. The van der Waals surface area contributed by atoms with Gasteiger partial charge >= 0.3 is 0 Å². The molecule has 1 unspecified atom stereocenters. The first-order chi connectivity index (χ1) is 14.3. The van der Waals surface area contributed by atoms with Crippen LogP contribution in [0.5, 0.6) is 0 Å². The summed E-state index contributed by atoms with van der Waals surface area (Å²) in [7, 11) is 1.85. The van der Waals surface area contributed by atoms with Crippen LogP contribution >= 0.6 is 24.0 Å². The number of hydrogen-bond donors (Lipinski definition) is 1. The minimum Gasteiger partial charge on any atom is -0.461 e. The predicted molar refractivity (Wildman–Crippen MR) is 131 cm³/mol. The van der Waals surface area contributed by atoms with E-state index >= 15 is 0 Å². The molecule has 2 saturated heterocycles. The molecule has 0 amide bonds. The molecule has 30 heavy (non-hydrogen) atoms. The molecule has 0 radical (unpaired) electrons. The van der Waals surface area contributed by atoms with Crippen LogP contribution in [-0.4, -0.2) is 63.0 Å². The molecule has 2 fully saturated rings. The zero-order valence-corrected chi connectivity index (χ0v) is 20.2. The van der Waals surface area contributed by atoms with Crippen LogP contribution in [0.2, 0.25) is 0 Å². The summed E-state index contributed by atoms with van der Waals surface area (Å²) in [5, 5.41) is 4.65. The van der Waals surface area contributed by atoms with Gasteiger partial charge in [0.15, 0.2) is 5.96 Å². The minimum absolute atomic E-state index is 0. The van der Waals surface area contributed by atoms with Crippen molar-refractivity contribution < 1.29 is 13.9 Å². The Morgan fingerprint density at radius 2 is 2.03 bits per heavy atom. The Labute approximate surface area is 196 Å². The number of aliphatic imine (C=N–C) groups is 1. The Bertz CT molecular complexity index is 763. The Kier molecular flexibility index (Phi) is 9.27. The summed E-state index contributed by atoms with van der Waals surface area (Å²) < 4.78 is 17.8. The number of piperidine rings is 1. The van der Waals surface area contributed by atoms with E-state index in [9.17, 15) is 0 Å². The quantitative estimate of drug-likeness (QED) is 0.347. The summed E-state index contributed by atoms with van der Waals surface area (Å²) in [5.74, 6) is 1.97. The molecule has 2 aliphatic rings. The normalized spacial score (nSPS) is 20.9. The van der Waals surface area contributed by atoms with Gasteiger partial charge in [0, 0.05) is 45.1 Å². The Morgan fingerprint density at radius 3 is 2.77 bits per heavy atom. The average molecular weight is 527 g/mol. The lowest BCUT2D eigenvalue weighted by atomic mass is 10.1. The Morgan fingerprint density at radius 1 is 1.20 bits per heavy atom. The molecule has 0 spiro atoms. The van der Waals surface area contributed by atoms with Crippen molar-refractivity contribution in [2.75, 3.05) is 39.9 Å². The standard InChI is InChI=1S/C23H33N3O3.HI/c1-24-23(25-12-9-20-16-18-6-2-3-8-22(18)29-20)26-13-10-19(11-14-26)28-17-21-7-4-5-15-27-21;/h2-3,6,8,16,19,21H,4-5,7,9-15,17H2,1H3,(H,24,25);1H. The lowest BCUT2D eigenvalue weighted by Gasteiger charge is -2.35. The number of nitrogens with one attached hydrogen (secondary N) is 1. The van der Waals surface area contributed by atoms with Crippen molar-refractivity contribution in [3.05, 3.63) is 36.1 Å². The number of ether oxygens (including phenoxy) is 2. The third-order valence-electron chi connectivity index (χ3n) is 5.88.